The lowest BCUT2D eigenvalue weighted by Gasteiger charge is -2.08. The van der Waals surface area contributed by atoms with E-state index < -0.39 is 0 Å². The lowest BCUT2D eigenvalue weighted by Crippen LogP contribution is -1.87. The molecule has 0 saturated carbocycles. The fraction of sp³-hybridized carbons (Fsp3) is 0. The molecule has 0 amide bonds. The van der Waals surface area contributed by atoms with Crippen LogP contribution < -0.4 is 0 Å². The second kappa shape index (κ2) is 5.83. The fourth-order valence-corrected chi connectivity index (χ4v) is 2.71. The molecule has 21 heavy (non-hydrogen) atoms. The standard InChI is InChI=1S/C19H12ClN/c20-19(18(13-21)15-7-2-1-3-8-15)17-12-6-10-14-9-4-5-11-16(14)17/h1-12H. The van der Waals surface area contributed by atoms with Crippen LogP contribution in [0.4, 0.5) is 0 Å². The number of hydrogen-bond donors (Lipinski definition) is 0. The number of nitriles is 1. The third-order valence-corrected chi connectivity index (χ3v) is 3.81. The van der Waals surface area contributed by atoms with Crippen molar-refractivity contribution >= 4 is 33.0 Å². The van der Waals surface area contributed by atoms with Gasteiger partial charge in [-0.1, -0.05) is 84.4 Å². The van der Waals surface area contributed by atoms with Gasteiger partial charge in [-0.2, -0.15) is 5.26 Å². The topological polar surface area (TPSA) is 23.8 Å². The van der Waals surface area contributed by atoms with Crippen LogP contribution in [0.3, 0.4) is 0 Å². The van der Waals surface area contributed by atoms with Crippen LogP contribution in [0.2, 0.25) is 0 Å². The molecular weight excluding hydrogens is 278 g/mol. The van der Waals surface area contributed by atoms with Crippen molar-refractivity contribution in [3.8, 4) is 6.07 Å². The predicted octanol–water partition coefficient (Wildman–Crippen LogP) is 5.47. The van der Waals surface area contributed by atoms with Gasteiger partial charge in [-0.05, 0) is 16.3 Å². The zero-order valence-corrected chi connectivity index (χ0v) is 12.0. The van der Waals surface area contributed by atoms with Gasteiger partial charge in [0.1, 0.15) is 6.07 Å². The van der Waals surface area contributed by atoms with E-state index >= 15 is 0 Å². The van der Waals surface area contributed by atoms with Gasteiger partial charge < -0.3 is 0 Å². The van der Waals surface area contributed by atoms with E-state index in [1.165, 1.54) is 0 Å². The molecule has 0 spiro atoms. The Morgan fingerprint density at radius 1 is 0.810 bits per heavy atom. The van der Waals surface area contributed by atoms with Crippen molar-refractivity contribution in [1.82, 2.24) is 0 Å². The number of rotatable bonds is 2. The Balaban J connectivity index is 2.26. The summed E-state index contributed by atoms with van der Waals surface area (Å²) in [5, 5.41) is 12.1. The second-order valence-electron chi connectivity index (χ2n) is 4.69. The van der Waals surface area contributed by atoms with Crippen molar-refractivity contribution in [2.75, 3.05) is 0 Å². The largest absolute Gasteiger partial charge is 0.192 e. The third kappa shape index (κ3) is 2.54. The van der Waals surface area contributed by atoms with Crippen LogP contribution >= 0.6 is 11.6 Å². The molecule has 0 atom stereocenters. The average molecular weight is 290 g/mol. The molecule has 0 radical (unpaired) electrons. The fourth-order valence-electron chi connectivity index (χ4n) is 2.40. The second-order valence-corrected chi connectivity index (χ2v) is 5.07. The number of fused-ring (bicyclic) bond motifs is 1. The van der Waals surface area contributed by atoms with E-state index in [1.54, 1.807) is 0 Å². The maximum absolute atomic E-state index is 9.49. The van der Waals surface area contributed by atoms with E-state index in [-0.39, 0.29) is 0 Å². The van der Waals surface area contributed by atoms with E-state index in [0.717, 1.165) is 21.9 Å². The van der Waals surface area contributed by atoms with Crippen molar-refractivity contribution in [2.24, 2.45) is 0 Å². The smallest absolute Gasteiger partial charge is 0.101 e. The first kappa shape index (κ1) is 13.4. The molecule has 0 aliphatic rings. The minimum atomic E-state index is 0.487. The summed E-state index contributed by atoms with van der Waals surface area (Å²) in [6.45, 7) is 0. The summed E-state index contributed by atoms with van der Waals surface area (Å²) >= 11 is 6.54. The van der Waals surface area contributed by atoms with Gasteiger partial charge in [0, 0.05) is 5.56 Å². The average Bonchev–Trinajstić information content (AvgIpc) is 2.56. The van der Waals surface area contributed by atoms with Gasteiger partial charge in [0.05, 0.1) is 10.6 Å². The van der Waals surface area contributed by atoms with Crippen molar-refractivity contribution in [3.05, 3.63) is 83.9 Å². The molecule has 0 aliphatic heterocycles. The molecule has 100 valence electrons. The van der Waals surface area contributed by atoms with Crippen LogP contribution in [-0.4, -0.2) is 0 Å². The monoisotopic (exact) mass is 289 g/mol. The molecule has 0 aliphatic carbocycles. The van der Waals surface area contributed by atoms with Crippen molar-refractivity contribution in [1.29, 1.82) is 5.26 Å². The first-order valence-corrected chi connectivity index (χ1v) is 7.02. The lowest BCUT2D eigenvalue weighted by molar-refractivity contribution is 1.52. The Bertz CT molecular complexity index is 852. The highest BCUT2D eigenvalue weighted by Crippen LogP contribution is 2.33. The van der Waals surface area contributed by atoms with E-state index in [0.29, 0.717) is 10.6 Å². The summed E-state index contributed by atoms with van der Waals surface area (Å²) in [5.74, 6) is 0. The van der Waals surface area contributed by atoms with Gasteiger partial charge in [-0.15, -0.1) is 0 Å². The van der Waals surface area contributed by atoms with Gasteiger partial charge >= 0.3 is 0 Å². The highest BCUT2D eigenvalue weighted by molar-refractivity contribution is 6.54. The van der Waals surface area contributed by atoms with E-state index in [1.807, 2.05) is 72.8 Å². The maximum Gasteiger partial charge on any atom is 0.101 e. The summed E-state index contributed by atoms with van der Waals surface area (Å²) in [7, 11) is 0. The minimum absolute atomic E-state index is 0.487. The molecule has 0 saturated heterocycles. The van der Waals surface area contributed by atoms with Gasteiger partial charge in [-0.3, -0.25) is 0 Å². The first-order valence-electron chi connectivity index (χ1n) is 6.64. The van der Waals surface area contributed by atoms with Crippen LogP contribution in [-0.2, 0) is 0 Å². The van der Waals surface area contributed by atoms with Crippen LogP contribution in [0, 0.1) is 11.3 Å². The highest BCUT2D eigenvalue weighted by Gasteiger charge is 2.11. The number of benzene rings is 3. The third-order valence-electron chi connectivity index (χ3n) is 3.42. The summed E-state index contributed by atoms with van der Waals surface area (Å²) < 4.78 is 0. The number of hydrogen-bond acceptors (Lipinski definition) is 1. The van der Waals surface area contributed by atoms with E-state index in [9.17, 15) is 5.26 Å². The Hall–Kier alpha value is -2.56. The van der Waals surface area contributed by atoms with Crippen LogP contribution in [0.5, 0.6) is 0 Å². The summed E-state index contributed by atoms with van der Waals surface area (Å²) in [6.07, 6.45) is 0. The van der Waals surface area contributed by atoms with E-state index in [2.05, 4.69) is 6.07 Å². The zero-order chi connectivity index (χ0) is 14.7. The molecule has 0 bridgehead atoms. The molecule has 0 unspecified atom stereocenters. The molecular formula is C19H12ClN. The summed E-state index contributed by atoms with van der Waals surface area (Å²) in [6, 6.07) is 25.7. The number of halogens is 1. The predicted molar refractivity (Wildman–Crippen MR) is 88.7 cm³/mol. The summed E-state index contributed by atoms with van der Waals surface area (Å²) in [5.41, 5.74) is 2.21. The molecule has 3 rings (SSSR count). The zero-order valence-electron chi connectivity index (χ0n) is 11.3. The molecule has 0 N–H and O–H groups in total. The van der Waals surface area contributed by atoms with Gasteiger partial charge in [0.25, 0.3) is 0 Å². The van der Waals surface area contributed by atoms with Crippen LogP contribution in [0.1, 0.15) is 11.1 Å². The van der Waals surface area contributed by atoms with Crippen LogP contribution in [0.25, 0.3) is 21.4 Å². The molecule has 0 fully saturated rings. The van der Waals surface area contributed by atoms with Gasteiger partial charge in [-0.25, -0.2) is 0 Å². The molecule has 1 nitrogen and oxygen atoms in total. The Morgan fingerprint density at radius 2 is 1.48 bits per heavy atom. The Labute approximate surface area is 128 Å². The van der Waals surface area contributed by atoms with E-state index in [4.69, 9.17) is 11.6 Å². The van der Waals surface area contributed by atoms with Gasteiger partial charge in [0.15, 0.2) is 0 Å². The molecule has 0 aromatic heterocycles. The molecule has 0 heterocycles. The normalized spacial score (nSPS) is 11.8. The lowest BCUT2D eigenvalue weighted by atomic mass is 9.99. The van der Waals surface area contributed by atoms with Crippen molar-refractivity contribution in [3.63, 3.8) is 0 Å². The minimum Gasteiger partial charge on any atom is -0.192 e. The van der Waals surface area contributed by atoms with Gasteiger partial charge in [0.2, 0.25) is 0 Å². The quantitative estimate of drug-likeness (QED) is 0.453. The van der Waals surface area contributed by atoms with Crippen LogP contribution in [0.15, 0.2) is 72.8 Å². The SMILES string of the molecule is N#CC(=C(Cl)c1cccc2ccccc12)c1ccccc1. The molecule has 2 heteroatoms. The number of allylic oxidation sites excluding steroid dienone is 1. The molecule has 3 aromatic carbocycles. The Morgan fingerprint density at radius 3 is 2.24 bits per heavy atom. The number of nitrogens with zero attached hydrogens (tertiary/aromatic N) is 1. The molecule has 3 aromatic rings. The maximum atomic E-state index is 9.49. The van der Waals surface area contributed by atoms with Crippen molar-refractivity contribution in [2.45, 2.75) is 0 Å². The highest BCUT2D eigenvalue weighted by atomic mass is 35.5. The Kier molecular flexibility index (Phi) is 3.73. The summed E-state index contributed by atoms with van der Waals surface area (Å²) in [4.78, 5) is 0. The van der Waals surface area contributed by atoms with Crippen molar-refractivity contribution < 1.29 is 0 Å². The first-order chi connectivity index (χ1) is 10.3.